The van der Waals surface area contributed by atoms with Gasteiger partial charge in [0.2, 0.25) is 15.9 Å². The molecule has 3 heterocycles. The molecule has 0 unspecified atom stereocenters. The maximum atomic E-state index is 13.5. The molecule has 2 aromatic rings. The third-order valence-electron chi connectivity index (χ3n) is 7.82. The second-order valence-corrected chi connectivity index (χ2v) is 13.3. The van der Waals surface area contributed by atoms with E-state index in [0.29, 0.717) is 56.0 Å². The van der Waals surface area contributed by atoms with Crippen LogP contribution >= 0.6 is 11.3 Å². The molecule has 2 aliphatic heterocycles. The molecule has 1 fully saturated rings. The normalized spacial score (nSPS) is 16.0. The lowest BCUT2D eigenvalue weighted by molar-refractivity contribution is -0.149. The van der Waals surface area contributed by atoms with E-state index < -0.39 is 15.9 Å². The Morgan fingerprint density at radius 1 is 1.02 bits per heavy atom. The SMILES string of the molecule is CCOC(=O)C1CCN(S(=O)(=O)c2ccc(C(=O)Nc3sc4c(c3C(=O)N(CC)CC)CCN(C(C)=O)C4)cc2)CC1. The third-order valence-corrected chi connectivity index (χ3v) is 10.9. The van der Waals surface area contributed by atoms with Crippen molar-refractivity contribution in [1.29, 1.82) is 0 Å². The minimum atomic E-state index is -3.80. The molecule has 4 rings (SSSR count). The van der Waals surface area contributed by atoms with E-state index in [2.05, 4.69) is 5.32 Å². The topological polar surface area (TPSA) is 133 Å². The van der Waals surface area contributed by atoms with Crippen LogP contribution in [0.2, 0.25) is 0 Å². The quantitative estimate of drug-likeness (QED) is 0.426. The predicted octanol–water partition coefficient (Wildman–Crippen LogP) is 3.35. The molecule has 0 radical (unpaired) electrons. The summed E-state index contributed by atoms with van der Waals surface area (Å²) in [7, 11) is -3.80. The first-order valence-corrected chi connectivity index (χ1v) is 16.5. The van der Waals surface area contributed by atoms with Crippen molar-refractivity contribution in [2.75, 3.05) is 44.6 Å². The maximum absolute atomic E-state index is 13.5. The van der Waals surface area contributed by atoms with Gasteiger partial charge in [-0.15, -0.1) is 11.3 Å². The Bertz CT molecular complexity index is 1440. The van der Waals surface area contributed by atoms with Gasteiger partial charge in [0.1, 0.15) is 5.00 Å². The fourth-order valence-electron chi connectivity index (χ4n) is 5.35. The lowest BCUT2D eigenvalue weighted by Gasteiger charge is -2.30. The summed E-state index contributed by atoms with van der Waals surface area (Å²) in [6.45, 7) is 9.67. The molecule has 0 atom stereocenters. The number of thiophene rings is 1. The maximum Gasteiger partial charge on any atom is 0.309 e. The molecule has 2 aliphatic rings. The number of rotatable bonds is 9. The Balaban J connectivity index is 1.52. The molecule has 3 amide bonds. The number of fused-ring (bicyclic) bond motifs is 1. The van der Waals surface area contributed by atoms with Crippen molar-refractivity contribution >= 4 is 50.1 Å². The van der Waals surface area contributed by atoms with Crippen LogP contribution in [0.3, 0.4) is 0 Å². The smallest absolute Gasteiger partial charge is 0.309 e. The van der Waals surface area contributed by atoms with Gasteiger partial charge in [-0.1, -0.05) is 0 Å². The lowest BCUT2D eigenvalue weighted by Crippen LogP contribution is -2.40. The summed E-state index contributed by atoms with van der Waals surface area (Å²) in [4.78, 5) is 55.1. The number of hydrogen-bond acceptors (Lipinski definition) is 8. The molecule has 13 heteroatoms. The van der Waals surface area contributed by atoms with Crippen molar-refractivity contribution < 1.29 is 32.3 Å². The zero-order valence-corrected chi connectivity index (χ0v) is 26.1. The number of nitrogens with one attached hydrogen (secondary N) is 1. The lowest BCUT2D eigenvalue weighted by atomic mass is 9.98. The van der Waals surface area contributed by atoms with E-state index in [-0.39, 0.29) is 53.9 Å². The van der Waals surface area contributed by atoms with Crippen molar-refractivity contribution in [3.63, 3.8) is 0 Å². The molecule has 1 aromatic heterocycles. The summed E-state index contributed by atoms with van der Waals surface area (Å²) in [6, 6.07) is 5.69. The molecular weight excluding hydrogens is 580 g/mol. The van der Waals surface area contributed by atoms with Gasteiger partial charge < -0.3 is 19.9 Å². The number of benzene rings is 1. The second-order valence-electron chi connectivity index (χ2n) is 10.3. The Kier molecular flexibility index (Phi) is 10.1. The van der Waals surface area contributed by atoms with Gasteiger partial charge in [-0.2, -0.15) is 4.31 Å². The van der Waals surface area contributed by atoms with Crippen molar-refractivity contribution in [1.82, 2.24) is 14.1 Å². The van der Waals surface area contributed by atoms with Crippen LogP contribution in [0.25, 0.3) is 0 Å². The van der Waals surface area contributed by atoms with Gasteiger partial charge >= 0.3 is 5.97 Å². The minimum Gasteiger partial charge on any atom is -0.466 e. The van der Waals surface area contributed by atoms with Gasteiger partial charge in [0, 0.05) is 50.1 Å². The number of sulfonamides is 1. The Labute approximate surface area is 250 Å². The van der Waals surface area contributed by atoms with E-state index in [1.54, 1.807) is 16.7 Å². The zero-order valence-electron chi connectivity index (χ0n) is 24.5. The van der Waals surface area contributed by atoms with Crippen LogP contribution in [-0.2, 0) is 37.3 Å². The Morgan fingerprint density at radius 3 is 2.24 bits per heavy atom. The number of hydrogen-bond donors (Lipinski definition) is 1. The number of piperidine rings is 1. The monoisotopic (exact) mass is 618 g/mol. The first kappa shape index (κ1) is 31.6. The average molecular weight is 619 g/mol. The van der Waals surface area contributed by atoms with Crippen molar-refractivity contribution in [2.24, 2.45) is 5.92 Å². The number of amides is 3. The van der Waals surface area contributed by atoms with E-state index in [0.717, 1.165) is 10.4 Å². The predicted molar refractivity (Wildman–Crippen MR) is 159 cm³/mol. The van der Waals surface area contributed by atoms with Crippen molar-refractivity contribution in [3.8, 4) is 0 Å². The van der Waals surface area contributed by atoms with Crippen LogP contribution in [0, 0.1) is 5.92 Å². The first-order chi connectivity index (χ1) is 20.0. The standard InChI is InChI=1S/C29H38N4O7S2/c1-5-31(6-2)28(36)25-23-14-15-32(19(4)34)18-24(23)41-27(25)30-26(35)20-8-10-22(11-9-20)42(38,39)33-16-12-21(13-17-33)29(37)40-7-3/h8-11,21H,5-7,12-18H2,1-4H3,(H,30,35). The summed E-state index contributed by atoms with van der Waals surface area (Å²) in [6.07, 6.45) is 1.30. The van der Waals surface area contributed by atoms with E-state index in [1.165, 1.54) is 46.8 Å². The van der Waals surface area contributed by atoms with Crippen LogP contribution in [0.15, 0.2) is 29.2 Å². The van der Waals surface area contributed by atoms with Crippen LogP contribution < -0.4 is 5.32 Å². The highest BCUT2D eigenvalue weighted by molar-refractivity contribution is 7.89. The Hall–Kier alpha value is -3.29. The largest absolute Gasteiger partial charge is 0.466 e. The zero-order chi connectivity index (χ0) is 30.6. The third kappa shape index (κ3) is 6.52. The van der Waals surface area contributed by atoms with Crippen LogP contribution in [0.1, 0.15) is 71.7 Å². The number of carbonyl (C=O) groups excluding carboxylic acids is 4. The highest BCUT2D eigenvalue weighted by atomic mass is 32.2. The summed E-state index contributed by atoms with van der Waals surface area (Å²) in [5.41, 5.74) is 1.56. The van der Waals surface area contributed by atoms with Gasteiger partial charge in [-0.3, -0.25) is 19.2 Å². The summed E-state index contributed by atoms with van der Waals surface area (Å²) in [5.74, 6) is -1.29. The van der Waals surface area contributed by atoms with Gasteiger partial charge in [0.05, 0.1) is 29.5 Å². The molecule has 1 aromatic carbocycles. The minimum absolute atomic E-state index is 0.0466. The van der Waals surface area contributed by atoms with Gasteiger partial charge in [0.25, 0.3) is 11.8 Å². The fourth-order valence-corrected chi connectivity index (χ4v) is 8.07. The van der Waals surface area contributed by atoms with Gasteiger partial charge in [-0.25, -0.2) is 8.42 Å². The number of nitrogens with zero attached hydrogens (tertiary/aromatic N) is 3. The molecule has 0 saturated carbocycles. The summed E-state index contributed by atoms with van der Waals surface area (Å²) < 4.78 is 32.9. The molecule has 228 valence electrons. The number of anilines is 1. The molecule has 1 N–H and O–H groups in total. The Morgan fingerprint density at radius 2 is 1.67 bits per heavy atom. The molecule has 42 heavy (non-hydrogen) atoms. The van der Waals surface area contributed by atoms with E-state index in [1.807, 2.05) is 13.8 Å². The summed E-state index contributed by atoms with van der Waals surface area (Å²) in [5, 5.41) is 3.31. The first-order valence-electron chi connectivity index (χ1n) is 14.3. The second kappa shape index (κ2) is 13.3. The van der Waals surface area contributed by atoms with E-state index in [9.17, 15) is 27.6 Å². The molecule has 1 saturated heterocycles. The van der Waals surface area contributed by atoms with Gasteiger partial charge in [0.15, 0.2) is 0 Å². The summed E-state index contributed by atoms with van der Waals surface area (Å²) >= 11 is 1.30. The number of esters is 1. The van der Waals surface area contributed by atoms with Crippen LogP contribution in [-0.4, -0.2) is 85.5 Å². The van der Waals surface area contributed by atoms with Crippen molar-refractivity contribution in [2.45, 2.75) is 58.4 Å². The van der Waals surface area contributed by atoms with Crippen LogP contribution in [0.5, 0.6) is 0 Å². The fraction of sp³-hybridized carbons (Fsp3) is 0.517. The highest BCUT2D eigenvalue weighted by Gasteiger charge is 2.34. The average Bonchev–Trinajstić information content (AvgIpc) is 3.34. The molecule has 0 aliphatic carbocycles. The van der Waals surface area contributed by atoms with Crippen LogP contribution in [0.4, 0.5) is 5.00 Å². The molecule has 11 nitrogen and oxygen atoms in total. The molecular formula is C29H38N4O7S2. The van der Waals surface area contributed by atoms with Gasteiger partial charge in [-0.05, 0) is 69.9 Å². The highest BCUT2D eigenvalue weighted by Crippen LogP contribution is 2.38. The molecule has 0 bridgehead atoms. The van der Waals surface area contributed by atoms with E-state index in [4.69, 9.17) is 4.74 Å². The van der Waals surface area contributed by atoms with Crippen molar-refractivity contribution in [3.05, 3.63) is 45.8 Å². The molecule has 0 spiro atoms. The number of ether oxygens (including phenoxy) is 1. The number of carbonyl (C=O) groups is 4. The van der Waals surface area contributed by atoms with E-state index >= 15 is 0 Å².